The highest BCUT2D eigenvalue weighted by atomic mass is 19.4. The molecule has 0 saturated heterocycles. The van der Waals surface area contributed by atoms with Crippen molar-refractivity contribution in [1.29, 1.82) is 0 Å². The number of alkyl halides is 3. The van der Waals surface area contributed by atoms with Gasteiger partial charge in [0, 0.05) is 6.54 Å². The minimum atomic E-state index is -4.41. The molecule has 0 aromatic heterocycles. The van der Waals surface area contributed by atoms with Gasteiger partial charge in [-0.2, -0.15) is 13.2 Å². The molecular weight excluding hydrogens is 263 g/mol. The molecule has 19 heavy (non-hydrogen) atoms. The number of aliphatic hydroxyl groups is 2. The van der Waals surface area contributed by atoms with E-state index in [1.807, 2.05) is 0 Å². The molecule has 1 aromatic rings. The van der Waals surface area contributed by atoms with Crippen LogP contribution in [-0.2, 0) is 0 Å². The molecule has 0 radical (unpaired) electrons. The van der Waals surface area contributed by atoms with Gasteiger partial charge in [-0.25, -0.2) is 0 Å². The van der Waals surface area contributed by atoms with Crippen molar-refractivity contribution in [3.63, 3.8) is 0 Å². The lowest BCUT2D eigenvalue weighted by Crippen LogP contribution is -2.24. The van der Waals surface area contributed by atoms with Gasteiger partial charge < -0.3 is 20.3 Å². The summed E-state index contributed by atoms with van der Waals surface area (Å²) in [4.78, 5) is 0. The van der Waals surface area contributed by atoms with Gasteiger partial charge in [0.15, 0.2) is 6.61 Å². The van der Waals surface area contributed by atoms with E-state index in [4.69, 9.17) is 9.84 Å². The van der Waals surface area contributed by atoms with Gasteiger partial charge in [0.25, 0.3) is 0 Å². The van der Waals surface area contributed by atoms with Gasteiger partial charge in [0.1, 0.15) is 5.75 Å². The van der Waals surface area contributed by atoms with Crippen LogP contribution in [0.15, 0.2) is 18.2 Å². The molecule has 0 aliphatic carbocycles. The third kappa shape index (κ3) is 5.80. The fraction of sp³-hybridized carbons (Fsp3) is 0.500. The number of aryl methyl sites for hydroxylation is 1. The maximum absolute atomic E-state index is 12.1. The van der Waals surface area contributed by atoms with Gasteiger partial charge in [0.2, 0.25) is 0 Å². The predicted molar refractivity (Wildman–Crippen MR) is 64.3 cm³/mol. The molecule has 0 saturated carbocycles. The number of anilines is 1. The smallest absolute Gasteiger partial charge is 0.422 e. The molecule has 1 unspecified atom stereocenters. The van der Waals surface area contributed by atoms with Gasteiger partial charge in [0.05, 0.1) is 18.4 Å². The summed E-state index contributed by atoms with van der Waals surface area (Å²) in [6.45, 7) is -0.0694. The van der Waals surface area contributed by atoms with E-state index in [0.29, 0.717) is 5.69 Å². The van der Waals surface area contributed by atoms with Gasteiger partial charge >= 0.3 is 6.18 Å². The third-order valence-corrected chi connectivity index (χ3v) is 2.27. The summed E-state index contributed by atoms with van der Waals surface area (Å²) in [5.74, 6) is 0.0578. The van der Waals surface area contributed by atoms with Crippen molar-refractivity contribution in [2.24, 2.45) is 0 Å². The summed E-state index contributed by atoms with van der Waals surface area (Å²) in [7, 11) is 0. The van der Waals surface area contributed by atoms with Gasteiger partial charge in [-0.1, -0.05) is 6.07 Å². The van der Waals surface area contributed by atoms with Crippen molar-refractivity contribution in [1.82, 2.24) is 0 Å². The summed E-state index contributed by atoms with van der Waals surface area (Å²) >= 11 is 0. The average molecular weight is 279 g/mol. The van der Waals surface area contributed by atoms with Crippen LogP contribution in [-0.4, -0.2) is 42.3 Å². The monoisotopic (exact) mass is 279 g/mol. The fourth-order valence-corrected chi connectivity index (χ4v) is 1.35. The van der Waals surface area contributed by atoms with Gasteiger partial charge in [-0.15, -0.1) is 0 Å². The zero-order valence-electron chi connectivity index (χ0n) is 10.4. The Balaban J connectivity index is 2.74. The van der Waals surface area contributed by atoms with Crippen LogP contribution in [0.2, 0.25) is 0 Å². The lowest BCUT2D eigenvalue weighted by atomic mass is 10.2. The number of ether oxygens (including phenoxy) is 1. The second-order valence-corrected chi connectivity index (χ2v) is 4.12. The lowest BCUT2D eigenvalue weighted by Gasteiger charge is -2.16. The second kappa shape index (κ2) is 6.63. The number of halogens is 3. The van der Waals surface area contributed by atoms with E-state index < -0.39 is 25.5 Å². The fourth-order valence-electron chi connectivity index (χ4n) is 1.35. The Morgan fingerprint density at radius 2 is 2.05 bits per heavy atom. The molecule has 0 bridgehead atoms. The number of hydrogen-bond acceptors (Lipinski definition) is 4. The number of rotatable bonds is 6. The Labute approximate surface area is 108 Å². The Bertz CT molecular complexity index is 410. The highest BCUT2D eigenvalue weighted by Crippen LogP contribution is 2.27. The Morgan fingerprint density at radius 1 is 1.37 bits per heavy atom. The zero-order valence-corrected chi connectivity index (χ0v) is 10.4. The summed E-state index contributed by atoms with van der Waals surface area (Å²) in [6.07, 6.45) is -5.40. The van der Waals surface area contributed by atoms with Gasteiger partial charge in [-0.05, 0) is 24.6 Å². The summed E-state index contributed by atoms with van der Waals surface area (Å²) in [5.41, 5.74) is 1.09. The van der Waals surface area contributed by atoms with Crippen LogP contribution in [0.1, 0.15) is 5.56 Å². The van der Waals surface area contributed by atoms with E-state index in [-0.39, 0.29) is 12.3 Å². The molecule has 1 atom stereocenters. The first kappa shape index (κ1) is 15.6. The van der Waals surface area contributed by atoms with E-state index in [1.54, 1.807) is 19.1 Å². The van der Waals surface area contributed by atoms with Crippen LogP contribution < -0.4 is 10.1 Å². The summed E-state index contributed by atoms with van der Waals surface area (Å²) in [6, 6.07) is 4.73. The highest BCUT2D eigenvalue weighted by Gasteiger charge is 2.28. The van der Waals surface area contributed by atoms with Crippen LogP contribution in [0.25, 0.3) is 0 Å². The quantitative estimate of drug-likeness (QED) is 0.741. The number of benzene rings is 1. The van der Waals surface area contributed by atoms with Gasteiger partial charge in [-0.3, -0.25) is 0 Å². The molecule has 3 N–H and O–H groups in total. The van der Waals surface area contributed by atoms with E-state index in [1.165, 1.54) is 6.07 Å². The molecule has 0 amide bonds. The van der Waals surface area contributed by atoms with E-state index in [2.05, 4.69) is 5.32 Å². The first-order valence-electron chi connectivity index (χ1n) is 5.65. The predicted octanol–water partition coefficient (Wildman–Crippen LogP) is 1.70. The standard InChI is InChI=1S/C12H16F3NO3/c1-8-2-3-10(16-5-9(18)6-17)11(4-8)19-7-12(13,14)15/h2-4,9,16-18H,5-7H2,1H3. The minimum Gasteiger partial charge on any atom is -0.482 e. The topological polar surface area (TPSA) is 61.7 Å². The van der Waals surface area contributed by atoms with Crippen molar-refractivity contribution in [2.45, 2.75) is 19.2 Å². The normalized spacial score (nSPS) is 13.2. The van der Waals surface area contributed by atoms with E-state index in [9.17, 15) is 18.3 Å². The van der Waals surface area contributed by atoms with Crippen LogP contribution in [0, 0.1) is 6.92 Å². The average Bonchev–Trinajstić information content (AvgIpc) is 2.33. The third-order valence-electron chi connectivity index (χ3n) is 2.27. The molecule has 0 aliphatic heterocycles. The van der Waals surface area contributed by atoms with Crippen molar-refractivity contribution < 1.29 is 28.1 Å². The zero-order chi connectivity index (χ0) is 14.5. The SMILES string of the molecule is Cc1ccc(NCC(O)CO)c(OCC(F)(F)F)c1. The maximum Gasteiger partial charge on any atom is 0.422 e. The Kier molecular flexibility index (Phi) is 5.44. The van der Waals surface area contributed by atoms with Crippen LogP contribution in [0.5, 0.6) is 5.75 Å². The first-order valence-corrected chi connectivity index (χ1v) is 5.65. The molecule has 0 heterocycles. The van der Waals surface area contributed by atoms with Crippen LogP contribution in [0.4, 0.5) is 18.9 Å². The molecule has 0 aliphatic rings. The number of nitrogens with one attached hydrogen (secondary N) is 1. The summed E-state index contributed by atoms with van der Waals surface area (Å²) in [5, 5.41) is 20.6. The highest BCUT2D eigenvalue weighted by molar-refractivity contribution is 5.57. The van der Waals surface area contributed by atoms with Crippen LogP contribution in [0.3, 0.4) is 0 Å². The van der Waals surface area contributed by atoms with Crippen molar-refractivity contribution in [3.8, 4) is 5.75 Å². The molecule has 7 heteroatoms. The lowest BCUT2D eigenvalue weighted by molar-refractivity contribution is -0.153. The molecule has 0 fully saturated rings. The minimum absolute atomic E-state index is 0.0158. The first-order chi connectivity index (χ1) is 8.81. The maximum atomic E-state index is 12.1. The molecule has 4 nitrogen and oxygen atoms in total. The van der Waals surface area contributed by atoms with E-state index >= 15 is 0 Å². The van der Waals surface area contributed by atoms with Crippen molar-refractivity contribution in [2.75, 3.05) is 25.1 Å². The van der Waals surface area contributed by atoms with Crippen LogP contribution >= 0.6 is 0 Å². The molecule has 0 spiro atoms. The van der Waals surface area contributed by atoms with Crippen molar-refractivity contribution >= 4 is 5.69 Å². The number of aliphatic hydroxyl groups excluding tert-OH is 2. The molecular formula is C12H16F3NO3. The van der Waals surface area contributed by atoms with Crippen molar-refractivity contribution in [3.05, 3.63) is 23.8 Å². The Hall–Kier alpha value is -1.47. The number of hydrogen-bond donors (Lipinski definition) is 3. The molecule has 108 valence electrons. The van der Waals surface area contributed by atoms with E-state index in [0.717, 1.165) is 5.56 Å². The Morgan fingerprint density at radius 3 is 2.63 bits per heavy atom. The summed E-state index contributed by atoms with van der Waals surface area (Å²) < 4.78 is 41.1. The largest absolute Gasteiger partial charge is 0.482 e. The molecule has 1 rings (SSSR count). The second-order valence-electron chi connectivity index (χ2n) is 4.12. The molecule has 1 aromatic carbocycles.